The van der Waals surface area contributed by atoms with Gasteiger partial charge < -0.3 is 9.64 Å². The van der Waals surface area contributed by atoms with Crippen LogP contribution in [0.25, 0.3) is 0 Å². The molecule has 0 spiro atoms. The molecule has 1 aliphatic heterocycles. The van der Waals surface area contributed by atoms with Crippen molar-refractivity contribution in [3.8, 4) is 5.75 Å². The Morgan fingerprint density at radius 2 is 2.05 bits per heavy atom. The molecule has 0 saturated carbocycles. The number of hydrogen-bond acceptors (Lipinski definition) is 2. The Morgan fingerprint density at radius 3 is 2.81 bits per heavy atom. The molecule has 0 radical (unpaired) electrons. The zero-order valence-corrected chi connectivity index (χ0v) is 13.6. The van der Waals surface area contributed by atoms with E-state index >= 15 is 0 Å². The van der Waals surface area contributed by atoms with Crippen molar-refractivity contribution in [2.75, 3.05) is 18.6 Å². The largest absolute Gasteiger partial charge is 0.493 e. The minimum atomic E-state index is -0.00794. The second-order valence-corrected chi connectivity index (χ2v) is 6.07. The molecule has 3 nitrogen and oxygen atoms in total. The van der Waals surface area contributed by atoms with Crippen molar-refractivity contribution in [3.63, 3.8) is 0 Å². The van der Waals surface area contributed by atoms with Crippen molar-refractivity contribution in [1.29, 1.82) is 0 Å². The van der Waals surface area contributed by atoms with Crippen LogP contribution in [0.3, 0.4) is 0 Å². The highest BCUT2D eigenvalue weighted by molar-refractivity contribution is 9.10. The Balaban J connectivity index is 1.88. The van der Waals surface area contributed by atoms with Crippen LogP contribution in [0, 0.1) is 6.92 Å². The van der Waals surface area contributed by atoms with Crippen molar-refractivity contribution in [2.45, 2.75) is 13.3 Å². The standard InChI is InChI=1S/C17H16BrNO2/c1-11-9-14(4-5-15(11)18)19(2)17(20)13-3-6-16-12(10-13)7-8-21-16/h3-6,9-10H,7-8H2,1-2H3. The van der Waals surface area contributed by atoms with Gasteiger partial charge >= 0.3 is 0 Å². The van der Waals surface area contributed by atoms with Crippen LogP contribution in [-0.4, -0.2) is 19.6 Å². The summed E-state index contributed by atoms with van der Waals surface area (Å²) in [5.74, 6) is 0.889. The van der Waals surface area contributed by atoms with Gasteiger partial charge in [-0.25, -0.2) is 0 Å². The molecule has 0 bridgehead atoms. The first-order valence-corrected chi connectivity index (χ1v) is 7.65. The minimum Gasteiger partial charge on any atom is -0.493 e. The van der Waals surface area contributed by atoms with Gasteiger partial charge in [0, 0.05) is 29.2 Å². The van der Waals surface area contributed by atoms with Gasteiger partial charge in [0.15, 0.2) is 0 Å². The van der Waals surface area contributed by atoms with E-state index in [1.807, 2.05) is 43.3 Å². The Hall–Kier alpha value is -1.81. The summed E-state index contributed by atoms with van der Waals surface area (Å²) < 4.78 is 6.52. The summed E-state index contributed by atoms with van der Waals surface area (Å²) in [4.78, 5) is 14.3. The summed E-state index contributed by atoms with van der Waals surface area (Å²) in [5, 5.41) is 0. The van der Waals surface area contributed by atoms with Crippen molar-refractivity contribution in [3.05, 3.63) is 57.6 Å². The van der Waals surface area contributed by atoms with Gasteiger partial charge in [-0.15, -0.1) is 0 Å². The summed E-state index contributed by atoms with van der Waals surface area (Å²) in [6, 6.07) is 11.5. The maximum atomic E-state index is 12.6. The summed E-state index contributed by atoms with van der Waals surface area (Å²) in [6.45, 7) is 2.72. The quantitative estimate of drug-likeness (QED) is 0.824. The Labute approximate surface area is 132 Å². The number of hydrogen-bond donors (Lipinski definition) is 0. The maximum absolute atomic E-state index is 12.6. The fourth-order valence-electron chi connectivity index (χ4n) is 2.47. The number of fused-ring (bicyclic) bond motifs is 1. The van der Waals surface area contributed by atoms with E-state index in [-0.39, 0.29) is 5.91 Å². The first-order valence-electron chi connectivity index (χ1n) is 6.86. The molecule has 0 fully saturated rings. The fraction of sp³-hybridized carbons (Fsp3) is 0.235. The van der Waals surface area contributed by atoms with Crippen molar-refractivity contribution in [2.24, 2.45) is 0 Å². The number of benzene rings is 2. The topological polar surface area (TPSA) is 29.5 Å². The molecule has 4 heteroatoms. The summed E-state index contributed by atoms with van der Waals surface area (Å²) in [7, 11) is 1.80. The minimum absolute atomic E-state index is 0.00794. The molecule has 0 saturated heterocycles. The molecule has 0 unspecified atom stereocenters. The van der Waals surface area contributed by atoms with E-state index in [9.17, 15) is 4.79 Å². The van der Waals surface area contributed by atoms with Crippen LogP contribution in [0.5, 0.6) is 5.75 Å². The first kappa shape index (κ1) is 14.1. The molecule has 1 amide bonds. The molecule has 1 aliphatic rings. The summed E-state index contributed by atoms with van der Waals surface area (Å²) in [5.41, 5.74) is 3.80. The molecule has 2 aromatic carbocycles. The lowest BCUT2D eigenvalue weighted by atomic mass is 10.1. The lowest BCUT2D eigenvalue weighted by molar-refractivity contribution is 0.0993. The van der Waals surface area contributed by atoms with Crippen LogP contribution in [0.4, 0.5) is 5.69 Å². The highest BCUT2D eigenvalue weighted by Crippen LogP contribution is 2.28. The van der Waals surface area contributed by atoms with E-state index in [1.54, 1.807) is 11.9 Å². The zero-order chi connectivity index (χ0) is 15.0. The lowest BCUT2D eigenvalue weighted by Gasteiger charge is -2.18. The second-order valence-electron chi connectivity index (χ2n) is 5.22. The number of rotatable bonds is 2. The lowest BCUT2D eigenvalue weighted by Crippen LogP contribution is -2.26. The summed E-state index contributed by atoms with van der Waals surface area (Å²) in [6.07, 6.45) is 0.873. The van der Waals surface area contributed by atoms with E-state index in [4.69, 9.17) is 4.74 Å². The van der Waals surface area contributed by atoms with Crippen LogP contribution in [0.2, 0.25) is 0 Å². The van der Waals surface area contributed by atoms with Gasteiger partial charge in [0.05, 0.1) is 6.61 Å². The predicted molar refractivity (Wildman–Crippen MR) is 87.3 cm³/mol. The molecule has 0 aromatic heterocycles. The number of halogens is 1. The predicted octanol–water partition coefficient (Wildman–Crippen LogP) is 3.97. The van der Waals surface area contributed by atoms with Crippen LogP contribution >= 0.6 is 15.9 Å². The average Bonchev–Trinajstić information content (AvgIpc) is 2.96. The summed E-state index contributed by atoms with van der Waals surface area (Å²) >= 11 is 3.48. The van der Waals surface area contributed by atoms with E-state index in [2.05, 4.69) is 15.9 Å². The van der Waals surface area contributed by atoms with Crippen molar-refractivity contribution in [1.82, 2.24) is 0 Å². The fourth-order valence-corrected chi connectivity index (χ4v) is 2.71. The van der Waals surface area contributed by atoms with Crippen LogP contribution in [0.15, 0.2) is 40.9 Å². The van der Waals surface area contributed by atoms with Crippen molar-refractivity contribution < 1.29 is 9.53 Å². The van der Waals surface area contributed by atoms with Gasteiger partial charge in [-0.05, 0) is 54.4 Å². The van der Waals surface area contributed by atoms with Gasteiger partial charge in [-0.3, -0.25) is 4.79 Å². The average molecular weight is 346 g/mol. The van der Waals surface area contributed by atoms with E-state index in [0.717, 1.165) is 33.5 Å². The SMILES string of the molecule is Cc1cc(N(C)C(=O)c2ccc3c(c2)CCO3)ccc1Br. The normalized spacial score (nSPS) is 12.7. The zero-order valence-electron chi connectivity index (χ0n) is 12.0. The Bertz CT molecular complexity index is 712. The highest BCUT2D eigenvalue weighted by Gasteiger charge is 2.18. The molecular formula is C17H16BrNO2. The van der Waals surface area contributed by atoms with Gasteiger partial charge in [0.2, 0.25) is 0 Å². The molecule has 1 heterocycles. The molecule has 0 atom stereocenters. The molecule has 3 rings (SSSR count). The number of anilines is 1. The van der Waals surface area contributed by atoms with Gasteiger partial charge in [0.25, 0.3) is 5.91 Å². The molecule has 108 valence electrons. The van der Waals surface area contributed by atoms with Crippen molar-refractivity contribution >= 4 is 27.5 Å². The third-order valence-corrected chi connectivity index (χ3v) is 4.66. The Kier molecular flexibility index (Phi) is 3.72. The van der Waals surface area contributed by atoms with E-state index < -0.39 is 0 Å². The number of carbonyl (C=O) groups is 1. The highest BCUT2D eigenvalue weighted by atomic mass is 79.9. The van der Waals surface area contributed by atoms with Gasteiger partial charge in [0.1, 0.15) is 5.75 Å². The smallest absolute Gasteiger partial charge is 0.258 e. The van der Waals surface area contributed by atoms with Crippen LogP contribution < -0.4 is 9.64 Å². The third-order valence-electron chi connectivity index (χ3n) is 3.77. The van der Waals surface area contributed by atoms with Crippen LogP contribution in [-0.2, 0) is 6.42 Å². The van der Waals surface area contributed by atoms with E-state index in [1.165, 1.54) is 0 Å². The number of aryl methyl sites for hydroxylation is 1. The third kappa shape index (κ3) is 2.68. The Morgan fingerprint density at radius 1 is 1.24 bits per heavy atom. The second kappa shape index (κ2) is 5.53. The maximum Gasteiger partial charge on any atom is 0.258 e. The molecule has 2 aromatic rings. The number of carbonyl (C=O) groups excluding carboxylic acids is 1. The molecule has 0 aliphatic carbocycles. The number of nitrogens with zero attached hydrogens (tertiary/aromatic N) is 1. The monoisotopic (exact) mass is 345 g/mol. The van der Waals surface area contributed by atoms with Gasteiger partial charge in [-0.2, -0.15) is 0 Å². The molecule has 21 heavy (non-hydrogen) atoms. The number of amides is 1. The van der Waals surface area contributed by atoms with E-state index in [0.29, 0.717) is 12.2 Å². The molecule has 0 N–H and O–H groups in total. The number of ether oxygens (including phenoxy) is 1. The van der Waals surface area contributed by atoms with Crippen LogP contribution in [0.1, 0.15) is 21.5 Å². The van der Waals surface area contributed by atoms with Gasteiger partial charge in [-0.1, -0.05) is 15.9 Å². The molecular weight excluding hydrogens is 330 g/mol. The first-order chi connectivity index (χ1) is 10.1.